The Kier molecular flexibility index (Phi) is 4.22. The molecule has 2 aromatic rings. The molecule has 0 fully saturated rings. The van der Waals surface area contributed by atoms with E-state index in [4.69, 9.17) is 29.6 Å². The van der Waals surface area contributed by atoms with E-state index in [1.165, 1.54) is 0 Å². The second-order valence-corrected chi connectivity index (χ2v) is 5.42. The highest BCUT2D eigenvalue weighted by Gasteiger charge is 2.04. The summed E-state index contributed by atoms with van der Waals surface area (Å²) < 4.78 is 0.863. The van der Waals surface area contributed by atoms with Gasteiger partial charge in [-0.2, -0.15) is 0 Å². The molecule has 5 heteroatoms. The number of hydrogen-bond donors (Lipinski definition) is 2. The van der Waals surface area contributed by atoms with E-state index < -0.39 is 0 Å². The molecule has 0 bridgehead atoms. The van der Waals surface area contributed by atoms with Crippen LogP contribution in [0.2, 0.25) is 5.02 Å². The molecule has 0 atom stereocenters. The van der Waals surface area contributed by atoms with Gasteiger partial charge in [-0.25, -0.2) is 0 Å². The first kappa shape index (κ1) is 13.3. The quantitative estimate of drug-likeness (QED) is 0.808. The largest absolute Gasteiger partial charge is 0.389 e. The smallest absolute Gasteiger partial charge is 0.105 e. The van der Waals surface area contributed by atoms with Crippen LogP contribution in [0.1, 0.15) is 5.56 Å². The van der Waals surface area contributed by atoms with Crippen molar-refractivity contribution in [2.75, 3.05) is 5.32 Å². The lowest BCUT2D eigenvalue weighted by Crippen LogP contribution is -2.10. The normalized spacial score (nSPS) is 10.1. The summed E-state index contributed by atoms with van der Waals surface area (Å²) in [5.74, 6) is 0. The Morgan fingerprint density at radius 1 is 1.17 bits per heavy atom. The summed E-state index contributed by atoms with van der Waals surface area (Å²) >= 11 is 14.3. The molecule has 0 saturated heterocycles. The highest BCUT2D eigenvalue weighted by Crippen LogP contribution is 2.25. The van der Waals surface area contributed by atoms with E-state index >= 15 is 0 Å². The van der Waals surface area contributed by atoms with Crippen molar-refractivity contribution in [2.24, 2.45) is 5.73 Å². The van der Waals surface area contributed by atoms with Gasteiger partial charge < -0.3 is 11.1 Å². The number of nitrogens with one attached hydrogen (secondary N) is 1. The van der Waals surface area contributed by atoms with Crippen LogP contribution in [0.15, 0.2) is 46.9 Å². The predicted octanol–water partition coefficient (Wildman–Crippen LogP) is 4.48. The van der Waals surface area contributed by atoms with E-state index in [9.17, 15) is 0 Å². The maximum atomic E-state index is 5.93. The summed E-state index contributed by atoms with van der Waals surface area (Å²) in [6.07, 6.45) is 0. The Bertz CT molecular complexity index is 601. The lowest BCUT2D eigenvalue weighted by atomic mass is 10.2. The third-order valence-electron chi connectivity index (χ3n) is 2.35. The average Bonchev–Trinajstić information content (AvgIpc) is 2.28. The van der Waals surface area contributed by atoms with E-state index in [0.29, 0.717) is 10.0 Å². The fraction of sp³-hybridized carbons (Fsp3) is 0. The maximum absolute atomic E-state index is 5.93. The molecule has 0 aliphatic rings. The van der Waals surface area contributed by atoms with Gasteiger partial charge in [-0.3, -0.25) is 0 Å². The van der Waals surface area contributed by atoms with Crippen molar-refractivity contribution in [3.8, 4) is 0 Å². The van der Waals surface area contributed by atoms with Crippen molar-refractivity contribution in [3.63, 3.8) is 0 Å². The molecule has 0 aromatic heterocycles. The van der Waals surface area contributed by atoms with Gasteiger partial charge in [0, 0.05) is 26.4 Å². The zero-order chi connectivity index (χ0) is 13.1. The molecule has 2 aromatic carbocycles. The summed E-state index contributed by atoms with van der Waals surface area (Å²) in [6.45, 7) is 0. The minimum Gasteiger partial charge on any atom is -0.389 e. The second-order valence-electron chi connectivity index (χ2n) is 3.69. The van der Waals surface area contributed by atoms with Gasteiger partial charge >= 0.3 is 0 Å². The lowest BCUT2D eigenvalue weighted by molar-refractivity contribution is 1.51. The molecule has 0 unspecified atom stereocenters. The van der Waals surface area contributed by atoms with Crippen LogP contribution in [0, 0.1) is 0 Å². The minimum atomic E-state index is 0.371. The zero-order valence-electron chi connectivity index (χ0n) is 9.28. The third-order valence-corrected chi connectivity index (χ3v) is 3.46. The van der Waals surface area contributed by atoms with Crippen LogP contribution in [0.3, 0.4) is 0 Å². The molecule has 0 aliphatic carbocycles. The number of halogens is 2. The number of benzene rings is 2. The van der Waals surface area contributed by atoms with Gasteiger partial charge in [0.25, 0.3) is 0 Å². The van der Waals surface area contributed by atoms with E-state index in [0.717, 1.165) is 21.4 Å². The van der Waals surface area contributed by atoms with Gasteiger partial charge in [0.2, 0.25) is 0 Å². The highest BCUT2D eigenvalue weighted by atomic mass is 79.9. The Hall–Kier alpha value is -1.10. The van der Waals surface area contributed by atoms with E-state index in [1.54, 1.807) is 0 Å². The molecule has 18 heavy (non-hydrogen) atoms. The highest BCUT2D eigenvalue weighted by molar-refractivity contribution is 9.10. The van der Waals surface area contributed by atoms with E-state index in [-0.39, 0.29) is 0 Å². The van der Waals surface area contributed by atoms with E-state index in [1.807, 2.05) is 42.5 Å². The molecular weight excluding hydrogens is 332 g/mol. The Morgan fingerprint density at radius 3 is 2.50 bits per heavy atom. The summed E-state index contributed by atoms with van der Waals surface area (Å²) in [7, 11) is 0. The molecular formula is C13H10BrClN2S. The molecule has 2 rings (SSSR count). The maximum Gasteiger partial charge on any atom is 0.105 e. The first-order chi connectivity index (χ1) is 8.56. The number of hydrogen-bond acceptors (Lipinski definition) is 2. The first-order valence-corrected chi connectivity index (χ1v) is 6.76. The van der Waals surface area contributed by atoms with Crippen molar-refractivity contribution in [1.29, 1.82) is 0 Å². The van der Waals surface area contributed by atoms with Gasteiger partial charge in [0.1, 0.15) is 4.99 Å². The molecule has 0 spiro atoms. The second kappa shape index (κ2) is 5.69. The van der Waals surface area contributed by atoms with Crippen LogP contribution in [0.5, 0.6) is 0 Å². The Balaban J connectivity index is 2.25. The van der Waals surface area contributed by atoms with Crippen LogP contribution in [-0.4, -0.2) is 4.99 Å². The van der Waals surface area contributed by atoms with Crippen molar-refractivity contribution in [2.45, 2.75) is 0 Å². The SMILES string of the molecule is NC(=S)c1ccc(Nc2cccc(Cl)c2)cc1Br. The van der Waals surface area contributed by atoms with Crippen LogP contribution in [-0.2, 0) is 0 Å². The Morgan fingerprint density at radius 2 is 1.89 bits per heavy atom. The first-order valence-electron chi connectivity index (χ1n) is 5.18. The fourth-order valence-electron chi connectivity index (χ4n) is 1.53. The van der Waals surface area contributed by atoms with Gasteiger partial charge in [-0.05, 0) is 52.3 Å². The van der Waals surface area contributed by atoms with Crippen molar-refractivity contribution in [1.82, 2.24) is 0 Å². The molecule has 2 nitrogen and oxygen atoms in total. The third kappa shape index (κ3) is 3.22. The van der Waals surface area contributed by atoms with Crippen LogP contribution >= 0.6 is 39.7 Å². The molecule has 0 amide bonds. The summed E-state index contributed by atoms with van der Waals surface area (Å²) in [5, 5.41) is 3.95. The predicted molar refractivity (Wildman–Crippen MR) is 84.8 cm³/mol. The van der Waals surface area contributed by atoms with Crippen molar-refractivity contribution >= 4 is 56.1 Å². The monoisotopic (exact) mass is 340 g/mol. The van der Waals surface area contributed by atoms with Crippen LogP contribution in [0.4, 0.5) is 11.4 Å². The van der Waals surface area contributed by atoms with Crippen molar-refractivity contribution < 1.29 is 0 Å². The number of anilines is 2. The zero-order valence-corrected chi connectivity index (χ0v) is 12.4. The topological polar surface area (TPSA) is 38.0 Å². The Labute approximate surface area is 124 Å². The van der Waals surface area contributed by atoms with Gasteiger partial charge in [-0.1, -0.05) is 29.9 Å². The average molecular weight is 342 g/mol. The molecule has 0 radical (unpaired) electrons. The fourth-order valence-corrected chi connectivity index (χ4v) is 2.62. The van der Waals surface area contributed by atoms with Crippen LogP contribution < -0.4 is 11.1 Å². The number of thiocarbonyl (C=S) groups is 1. The van der Waals surface area contributed by atoms with Crippen molar-refractivity contribution in [3.05, 3.63) is 57.5 Å². The van der Waals surface area contributed by atoms with Gasteiger partial charge in [-0.15, -0.1) is 0 Å². The molecule has 0 heterocycles. The molecule has 0 saturated carbocycles. The minimum absolute atomic E-state index is 0.371. The van der Waals surface area contributed by atoms with Crippen LogP contribution in [0.25, 0.3) is 0 Å². The number of nitrogens with two attached hydrogens (primary N) is 1. The molecule has 3 N–H and O–H groups in total. The van der Waals surface area contributed by atoms with Gasteiger partial charge in [0.05, 0.1) is 0 Å². The standard InChI is InChI=1S/C13H10BrClN2S/c14-12-7-10(4-5-11(12)13(16)18)17-9-3-1-2-8(15)6-9/h1-7,17H,(H2,16,18). The van der Waals surface area contributed by atoms with E-state index in [2.05, 4.69) is 21.2 Å². The lowest BCUT2D eigenvalue weighted by Gasteiger charge is -2.09. The summed E-state index contributed by atoms with van der Waals surface area (Å²) in [5.41, 5.74) is 8.28. The number of rotatable bonds is 3. The van der Waals surface area contributed by atoms with Gasteiger partial charge in [0.15, 0.2) is 0 Å². The summed E-state index contributed by atoms with van der Waals surface area (Å²) in [6, 6.07) is 13.2. The molecule has 0 aliphatic heterocycles. The molecule has 92 valence electrons. The summed E-state index contributed by atoms with van der Waals surface area (Å²) in [4.78, 5) is 0.371.